The Labute approximate surface area is 113 Å². The van der Waals surface area contributed by atoms with Crippen molar-refractivity contribution in [3.05, 3.63) is 29.8 Å². The molecule has 1 atom stereocenters. The van der Waals surface area contributed by atoms with Crippen molar-refractivity contribution in [2.45, 2.75) is 37.1 Å². The largest absolute Gasteiger partial charge is 0.464 e. The minimum atomic E-state index is -3.67. The molecule has 5 nitrogen and oxygen atoms in total. The maximum Gasteiger partial charge on any atom is 0.324 e. The molecule has 1 aromatic rings. The third-order valence-electron chi connectivity index (χ3n) is 3.09. The van der Waals surface area contributed by atoms with E-state index < -0.39 is 22.0 Å². The van der Waals surface area contributed by atoms with Crippen LogP contribution in [0.15, 0.2) is 29.2 Å². The standard InChI is InChI=1S/C13H17NO4S/c1-9(2)10-3-5-11(6-4-10)19(16,17)14-12-7-8-18-13(12)15/h3-6,9,12,14H,7-8H2,1-2H3. The molecule has 0 radical (unpaired) electrons. The lowest BCUT2D eigenvalue weighted by molar-refractivity contribution is -0.139. The van der Waals surface area contributed by atoms with Gasteiger partial charge in [0.1, 0.15) is 6.04 Å². The van der Waals surface area contributed by atoms with Crippen molar-refractivity contribution in [1.29, 1.82) is 0 Å². The Morgan fingerprint density at radius 3 is 2.37 bits per heavy atom. The number of esters is 1. The van der Waals surface area contributed by atoms with Crippen molar-refractivity contribution in [2.24, 2.45) is 0 Å². The predicted molar refractivity (Wildman–Crippen MR) is 70.2 cm³/mol. The zero-order valence-corrected chi connectivity index (χ0v) is 11.7. The summed E-state index contributed by atoms with van der Waals surface area (Å²) in [5, 5.41) is 0. The molecule has 6 heteroatoms. The van der Waals surface area contributed by atoms with Gasteiger partial charge in [0.2, 0.25) is 10.0 Å². The highest BCUT2D eigenvalue weighted by atomic mass is 32.2. The quantitative estimate of drug-likeness (QED) is 0.848. The molecule has 1 N–H and O–H groups in total. The van der Waals surface area contributed by atoms with E-state index in [2.05, 4.69) is 4.72 Å². The Balaban J connectivity index is 2.17. The van der Waals surface area contributed by atoms with Gasteiger partial charge in [0.05, 0.1) is 11.5 Å². The van der Waals surface area contributed by atoms with E-state index in [1.54, 1.807) is 24.3 Å². The van der Waals surface area contributed by atoms with Crippen molar-refractivity contribution < 1.29 is 17.9 Å². The fourth-order valence-electron chi connectivity index (χ4n) is 1.89. The summed E-state index contributed by atoms with van der Waals surface area (Å²) >= 11 is 0. The molecule has 1 aliphatic rings. The molecule has 19 heavy (non-hydrogen) atoms. The van der Waals surface area contributed by atoms with E-state index in [1.165, 1.54) is 0 Å². The van der Waals surface area contributed by atoms with Crippen LogP contribution in [0.2, 0.25) is 0 Å². The molecule has 0 spiro atoms. The van der Waals surface area contributed by atoms with Gasteiger partial charge < -0.3 is 4.74 Å². The summed E-state index contributed by atoms with van der Waals surface area (Å²) in [5.41, 5.74) is 1.07. The van der Waals surface area contributed by atoms with Gasteiger partial charge >= 0.3 is 5.97 Å². The molecular formula is C13H17NO4S. The molecule has 1 aliphatic heterocycles. The highest BCUT2D eigenvalue weighted by molar-refractivity contribution is 7.89. The average Bonchev–Trinajstić information content (AvgIpc) is 2.74. The second kappa shape index (κ2) is 5.30. The number of hydrogen-bond acceptors (Lipinski definition) is 4. The Hall–Kier alpha value is -1.40. The van der Waals surface area contributed by atoms with Crippen molar-refractivity contribution in [2.75, 3.05) is 6.61 Å². The number of ether oxygens (including phenoxy) is 1. The summed E-state index contributed by atoms with van der Waals surface area (Å²) in [6, 6.07) is 5.91. The van der Waals surface area contributed by atoms with Gasteiger partial charge in [-0.15, -0.1) is 0 Å². The third-order valence-corrected chi connectivity index (χ3v) is 4.58. The van der Waals surface area contributed by atoms with E-state index in [1.807, 2.05) is 13.8 Å². The lowest BCUT2D eigenvalue weighted by atomic mass is 10.0. The molecule has 1 heterocycles. The van der Waals surface area contributed by atoms with Crippen LogP contribution in [-0.4, -0.2) is 27.0 Å². The molecule has 0 bridgehead atoms. The van der Waals surface area contributed by atoms with Crippen molar-refractivity contribution in [3.63, 3.8) is 0 Å². The SMILES string of the molecule is CC(C)c1ccc(S(=O)(=O)NC2CCOC2=O)cc1. The second-order valence-electron chi connectivity index (χ2n) is 4.85. The molecular weight excluding hydrogens is 266 g/mol. The molecule has 0 aromatic heterocycles. The predicted octanol–water partition coefficient (Wildman–Crippen LogP) is 1.40. The fourth-order valence-corrected chi connectivity index (χ4v) is 3.11. The number of carbonyl (C=O) groups excluding carboxylic acids is 1. The van der Waals surface area contributed by atoms with Gasteiger partial charge in [-0.2, -0.15) is 4.72 Å². The minimum absolute atomic E-state index is 0.164. The van der Waals surface area contributed by atoms with Crippen LogP contribution in [0.5, 0.6) is 0 Å². The van der Waals surface area contributed by atoms with Gasteiger partial charge in [-0.25, -0.2) is 8.42 Å². The Morgan fingerprint density at radius 2 is 1.89 bits per heavy atom. The number of nitrogens with one attached hydrogen (secondary N) is 1. The number of carbonyl (C=O) groups is 1. The van der Waals surface area contributed by atoms with E-state index in [9.17, 15) is 13.2 Å². The molecule has 2 rings (SSSR count). The minimum Gasteiger partial charge on any atom is -0.464 e. The topological polar surface area (TPSA) is 72.5 Å². The van der Waals surface area contributed by atoms with Gasteiger partial charge in [-0.3, -0.25) is 4.79 Å². The maximum atomic E-state index is 12.1. The normalized spacial score (nSPS) is 19.7. The summed E-state index contributed by atoms with van der Waals surface area (Å²) in [6.07, 6.45) is 0.377. The number of cyclic esters (lactones) is 1. The summed E-state index contributed by atoms with van der Waals surface area (Å²) in [5.74, 6) is -0.170. The van der Waals surface area contributed by atoms with Crippen LogP contribution in [0.1, 0.15) is 31.7 Å². The Kier molecular flexibility index (Phi) is 3.91. The van der Waals surface area contributed by atoms with Gasteiger partial charge in [-0.05, 0) is 23.6 Å². The summed E-state index contributed by atoms with van der Waals surface area (Å²) < 4.78 is 31.3. The average molecular weight is 283 g/mol. The van der Waals surface area contributed by atoms with Crippen LogP contribution >= 0.6 is 0 Å². The third kappa shape index (κ3) is 3.13. The van der Waals surface area contributed by atoms with Gasteiger partial charge in [-0.1, -0.05) is 26.0 Å². The Bertz CT molecular complexity index is 563. The number of sulfonamides is 1. The first-order valence-electron chi connectivity index (χ1n) is 6.19. The van der Waals surface area contributed by atoms with E-state index in [0.717, 1.165) is 5.56 Å². The highest BCUT2D eigenvalue weighted by Crippen LogP contribution is 2.18. The van der Waals surface area contributed by atoms with Crippen LogP contribution < -0.4 is 4.72 Å². The first kappa shape index (κ1) is 14.0. The smallest absolute Gasteiger partial charge is 0.324 e. The molecule has 1 fully saturated rings. The second-order valence-corrected chi connectivity index (χ2v) is 6.57. The van der Waals surface area contributed by atoms with Gasteiger partial charge in [0.25, 0.3) is 0 Å². The molecule has 1 aromatic carbocycles. The molecule has 1 unspecified atom stereocenters. The summed E-state index contributed by atoms with van der Waals surface area (Å²) in [6.45, 7) is 4.34. The zero-order valence-electron chi connectivity index (χ0n) is 10.9. The maximum absolute atomic E-state index is 12.1. The Morgan fingerprint density at radius 1 is 1.26 bits per heavy atom. The van der Waals surface area contributed by atoms with Gasteiger partial charge in [0, 0.05) is 6.42 Å². The first-order chi connectivity index (χ1) is 8.90. The van der Waals surface area contributed by atoms with Crippen molar-refractivity contribution in [1.82, 2.24) is 4.72 Å². The summed E-state index contributed by atoms with van der Waals surface area (Å²) in [4.78, 5) is 11.4. The fraction of sp³-hybridized carbons (Fsp3) is 0.462. The van der Waals surface area contributed by atoms with E-state index in [0.29, 0.717) is 12.3 Å². The van der Waals surface area contributed by atoms with E-state index >= 15 is 0 Å². The van der Waals surface area contributed by atoms with Crippen LogP contribution in [0.3, 0.4) is 0 Å². The molecule has 104 valence electrons. The monoisotopic (exact) mass is 283 g/mol. The lowest BCUT2D eigenvalue weighted by Gasteiger charge is -2.11. The van der Waals surface area contributed by atoms with Gasteiger partial charge in [0.15, 0.2) is 0 Å². The van der Waals surface area contributed by atoms with Crippen LogP contribution in [0.4, 0.5) is 0 Å². The lowest BCUT2D eigenvalue weighted by Crippen LogP contribution is -2.37. The zero-order chi connectivity index (χ0) is 14.0. The van der Waals surface area contributed by atoms with Crippen molar-refractivity contribution in [3.8, 4) is 0 Å². The molecule has 1 saturated heterocycles. The van der Waals surface area contributed by atoms with E-state index in [4.69, 9.17) is 4.74 Å². The van der Waals surface area contributed by atoms with Crippen molar-refractivity contribution >= 4 is 16.0 Å². The number of benzene rings is 1. The van der Waals surface area contributed by atoms with E-state index in [-0.39, 0.29) is 11.5 Å². The number of rotatable bonds is 4. The molecule has 0 amide bonds. The summed E-state index contributed by atoms with van der Waals surface area (Å²) in [7, 11) is -3.67. The van der Waals surface area contributed by atoms with Crippen LogP contribution in [0.25, 0.3) is 0 Å². The molecule has 0 aliphatic carbocycles. The molecule has 0 saturated carbocycles. The van der Waals surface area contributed by atoms with Crippen LogP contribution in [0, 0.1) is 0 Å². The number of hydrogen-bond donors (Lipinski definition) is 1. The first-order valence-corrected chi connectivity index (χ1v) is 7.67. The highest BCUT2D eigenvalue weighted by Gasteiger charge is 2.31. The van der Waals surface area contributed by atoms with Crippen LogP contribution in [-0.2, 0) is 19.6 Å².